The van der Waals surface area contributed by atoms with E-state index < -0.39 is 20.5 Å². The van der Waals surface area contributed by atoms with Crippen LogP contribution in [0.1, 0.15) is 27.7 Å². The minimum absolute atomic E-state index is 0.122. The molecule has 0 rings (SSSR count). The second-order valence-corrected chi connectivity index (χ2v) is 10.5. The summed E-state index contributed by atoms with van der Waals surface area (Å²) in [4.78, 5) is 11.0. The third-order valence-electron chi connectivity index (χ3n) is 3.16. The Balaban J connectivity index is 4.16. The molecular formula is C13H25FO3Si. The third-order valence-corrected chi connectivity index (χ3v) is 7.66. The van der Waals surface area contributed by atoms with Gasteiger partial charge in [0.1, 0.15) is 0 Å². The summed E-state index contributed by atoms with van der Waals surface area (Å²) in [5, 5.41) is 0.122. The monoisotopic (exact) mass is 276 g/mol. The molecule has 0 aliphatic heterocycles. The molecule has 1 atom stereocenters. The van der Waals surface area contributed by atoms with Crippen LogP contribution in [0.25, 0.3) is 0 Å². The zero-order chi connectivity index (χ0) is 14.4. The number of alkyl halides is 1. The van der Waals surface area contributed by atoms with Crippen LogP contribution in [0.15, 0.2) is 12.2 Å². The van der Waals surface area contributed by atoms with Gasteiger partial charge in [-0.1, -0.05) is 26.8 Å². The Morgan fingerprint density at radius 3 is 2.39 bits per heavy atom. The highest BCUT2D eigenvalue weighted by atomic mass is 28.4. The van der Waals surface area contributed by atoms with E-state index in [0.717, 1.165) is 0 Å². The number of esters is 1. The fourth-order valence-corrected chi connectivity index (χ4v) is 1.89. The van der Waals surface area contributed by atoms with Crippen molar-refractivity contribution in [1.29, 1.82) is 0 Å². The normalized spacial score (nSPS) is 14.8. The van der Waals surface area contributed by atoms with Gasteiger partial charge in [-0.05, 0) is 31.1 Å². The highest BCUT2D eigenvalue weighted by Gasteiger charge is 2.36. The van der Waals surface area contributed by atoms with Crippen molar-refractivity contribution in [3.05, 3.63) is 12.2 Å². The first-order valence-corrected chi connectivity index (χ1v) is 9.14. The minimum Gasteiger partial charge on any atom is -0.464 e. The van der Waals surface area contributed by atoms with Crippen molar-refractivity contribution < 1.29 is 18.3 Å². The van der Waals surface area contributed by atoms with Gasteiger partial charge in [-0.3, -0.25) is 0 Å². The molecule has 0 aromatic rings. The summed E-state index contributed by atoms with van der Waals surface area (Å²) in [6, 6.07) is 0. The van der Waals surface area contributed by atoms with Crippen molar-refractivity contribution in [2.75, 3.05) is 13.2 Å². The first-order chi connectivity index (χ1) is 8.12. The number of rotatable bonds is 6. The summed E-state index contributed by atoms with van der Waals surface area (Å²) in [6.45, 7) is 12.8. The van der Waals surface area contributed by atoms with Crippen LogP contribution in [0.2, 0.25) is 18.1 Å². The van der Waals surface area contributed by atoms with E-state index in [4.69, 9.17) is 4.43 Å². The molecule has 0 aromatic heterocycles. The van der Waals surface area contributed by atoms with Gasteiger partial charge in [-0.2, -0.15) is 0 Å². The van der Waals surface area contributed by atoms with Crippen LogP contribution in [-0.2, 0) is 14.0 Å². The maximum absolute atomic E-state index is 13.2. The molecule has 0 bridgehead atoms. The van der Waals surface area contributed by atoms with E-state index in [1.165, 1.54) is 6.08 Å². The standard InChI is InChI=1S/C13H25FO3Si/c1-7-16-12(15)11(14)9-8-10-17-18(5,6)13(2,3)4/h8-9,11H,7,10H2,1-6H3/b9-8+. The van der Waals surface area contributed by atoms with Gasteiger partial charge in [0.25, 0.3) is 0 Å². The van der Waals surface area contributed by atoms with E-state index in [0.29, 0.717) is 6.61 Å². The Bertz CT molecular complexity index is 295. The molecule has 0 heterocycles. The van der Waals surface area contributed by atoms with Crippen molar-refractivity contribution in [3.63, 3.8) is 0 Å². The summed E-state index contributed by atoms with van der Waals surface area (Å²) in [7, 11) is -1.81. The van der Waals surface area contributed by atoms with Crippen LogP contribution in [-0.4, -0.2) is 33.7 Å². The maximum Gasteiger partial charge on any atom is 0.344 e. The van der Waals surface area contributed by atoms with Crippen LogP contribution in [0.3, 0.4) is 0 Å². The quantitative estimate of drug-likeness (QED) is 0.423. The number of ether oxygens (including phenoxy) is 1. The van der Waals surface area contributed by atoms with E-state index in [1.807, 2.05) is 0 Å². The predicted molar refractivity (Wildman–Crippen MR) is 73.8 cm³/mol. The zero-order valence-corrected chi connectivity index (χ0v) is 13.2. The van der Waals surface area contributed by atoms with Gasteiger partial charge >= 0.3 is 5.97 Å². The van der Waals surface area contributed by atoms with Crippen molar-refractivity contribution in [3.8, 4) is 0 Å². The Morgan fingerprint density at radius 1 is 1.39 bits per heavy atom. The van der Waals surface area contributed by atoms with Crippen molar-refractivity contribution in [2.24, 2.45) is 0 Å². The third kappa shape index (κ3) is 5.77. The first kappa shape index (κ1) is 17.3. The molecule has 0 fully saturated rings. The molecule has 18 heavy (non-hydrogen) atoms. The summed E-state index contributed by atoms with van der Waals surface area (Å²) in [6.07, 6.45) is 1.03. The van der Waals surface area contributed by atoms with Crippen LogP contribution < -0.4 is 0 Å². The zero-order valence-electron chi connectivity index (χ0n) is 12.2. The Hall–Kier alpha value is -0.683. The summed E-state index contributed by atoms with van der Waals surface area (Å²) in [5.41, 5.74) is 0. The predicted octanol–water partition coefficient (Wildman–Crippen LogP) is 3.47. The van der Waals surface area contributed by atoms with E-state index in [9.17, 15) is 9.18 Å². The van der Waals surface area contributed by atoms with Gasteiger partial charge in [0, 0.05) is 0 Å². The van der Waals surface area contributed by atoms with Crippen LogP contribution in [0.4, 0.5) is 4.39 Å². The Kier molecular flexibility index (Phi) is 6.77. The molecule has 0 saturated heterocycles. The topological polar surface area (TPSA) is 35.5 Å². The molecule has 0 aliphatic rings. The number of carbonyl (C=O) groups excluding carboxylic acids is 1. The largest absolute Gasteiger partial charge is 0.464 e. The van der Waals surface area contributed by atoms with Crippen LogP contribution >= 0.6 is 0 Å². The molecule has 1 unspecified atom stereocenters. The van der Waals surface area contributed by atoms with Gasteiger partial charge in [0.15, 0.2) is 8.32 Å². The van der Waals surface area contributed by atoms with Gasteiger partial charge in [-0.15, -0.1) is 0 Å². The number of hydrogen-bond donors (Lipinski definition) is 0. The molecule has 5 heteroatoms. The molecule has 0 aromatic carbocycles. The first-order valence-electron chi connectivity index (χ1n) is 6.23. The lowest BCUT2D eigenvalue weighted by molar-refractivity contribution is -0.147. The van der Waals surface area contributed by atoms with Crippen molar-refractivity contribution in [1.82, 2.24) is 0 Å². The Morgan fingerprint density at radius 2 is 1.94 bits per heavy atom. The second-order valence-electron chi connectivity index (χ2n) is 5.65. The molecule has 0 N–H and O–H groups in total. The average Bonchev–Trinajstić information content (AvgIpc) is 2.22. The summed E-state index contributed by atoms with van der Waals surface area (Å²) >= 11 is 0. The molecule has 0 saturated carbocycles. The van der Waals surface area contributed by atoms with Gasteiger partial charge < -0.3 is 9.16 Å². The highest BCUT2D eigenvalue weighted by molar-refractivity contribution is 6.74. The highest BCUT2D eigenvalue weighted by Crippen LogP contribution is 2.36. The maximum atomic E-state index is 13.2. The summed E-state index contributed by atoms with van der Waals surface area (Å²) in [5.74, 6) is -0.846. The molecule has 0 amide bonds. The SMILES string of the molecule is CCOC(=O)C(F)/C=C/CO[Si](C)(C)C(C)(C)C. The van der Waals surface area contributed by atoms with Gasteiger partial charge in [-0.25, -0.2) is 9.18 Å². The smallest absolute Gasteiger partial charge is 0.344 e. The molecule has 3 nitrogen and oxygen atoms in total. The van der Waals surface area contributed by atoms with Gasteiger partial charge in [0.2, 0.25) is 6.17 Å². The molecule has 0 aliphatic carbocycles. The fourth-order valence-electron chi connectivity index (χ4n) is 0.948. The molecule has 106 valence electrons. The lowest BCUT2D eigenvalue weighted by atomic mass is 10.2. The van der Waals surface area contributed by atoms with Crippen molar-refractivity contribution in [2.45, 2.75) is 52.0 Å². The minimum atomic E-state index is -1.81. The number of carbonyl (C=O) groups is 1. The van der Waals surface area contributed by atoms with E-state index >= 15 is 0 Å². The fraction of sp³-hybridized carbons (Fsp3) is 0.769. The molecule has 0 spiro atoms. The van der Waals surface area contributed by atoms with Crippen molar-refractivity contribution >= 4 is 14.3 Å². The molecular weight excluding hydrogens is 251 g/mol. The summed E-state index contributed by atoms with van der Waals surface area (Å²) < 4.78 is 23.6. The lowest BCUT2D eigenvalue weighted by Gasteiger charge is -2.35. The number of halogens is 1. The number of hydrogen-bond acceptors (Lipinski definition) is 3. The lowest BCUT2D eigenvalue weighted by Crippen LogP contribution is -2.40. The Labute approximate surface area is 110 Å². The average molecular weight is 276 g/mol. The van der Waals surface area contributed by atoms with Crippen LogP contribution in [0, 0.1) is 0 Å². The second kappa shape index (κ2) is 7.04. The van der Waals surface area contributed by atoms with E-state index in [1.54, 1.807) is 13.0 Å². The molecule has 0 radical (unpaired) electrons. The van der Waals surface area contributed by atoms with E-state index in [2.05, 4.69) is 38.6 Å². The van der Waals surface area contributed by atoms with E-state index in [-0.39, 0.29) is 11.6 Å². The van der Waals surface area contributed by atoms with Gasteiger partial charge in [0.05, 0.1) is 13.2 Å². The van der Waals surface area contributed by atoms with Crippen LogP contribution in [0.5, 0.6) is 0 Å².